The van der Waals surface area contributed by atoms with Crippen LogP contribution in [0.3, 0.4) is 0 Å². The van der Waals surface area contributed by atoms with Gasteiger partial charge in [0.25, 0.3) is 0 Å². The van der Waals surface area contributed by atoms with Crippen LogP contribution in [0.2, 0.25) is 0 Å². The molecule has 0 saturated carbocycles. The largest absolute Gasteiger partial charge is 0.310 e. The van der Waals surface area contributed by atoms with Crippen molar-refractivity contribution >= 4 is 5.71 Å². The Balaban J connectivity index is 3.01. The number of unbranched alkanes of at least 4 members (excludes halogenated alkanes) is 1. The van der Waals surface area contributed by atoms with Gasteiger partial charge in [0.15, 0.2) is 0 Å². The second-order valence-corrected chi connectivity index (χ2v) is 2.24. The van der Waals surface area contributed by atoms with Gasteiger partial charge in [-0.2, -0.15) is 0 Å². The highest BCUT2D eigenvalue weighted by molar-refractivity contribution is 5.78. The van der Waals surface area contributed by atoms with Crippen LogP contribution < -0.4 is 0 Å². The molecule has 0 amide bonds. The first-order chi connectivity index (χ1) is 4.27. The summed E-state index contributed by atoms with van der Waals surface area (Å²) in [5.74, 6) is 0. The Hall–Kier alpha value is -0.590. The molecule has 1 nitrogen and oxygen atoms in total. The van der Waals surface area contributed by atoms with Gasteiger partial charge in [-0.25, -0.2) is 0 Å². The molecule has 52 valence electrons. The van der Waals surface area contributed by atoms with Crippen LogP contribution >= 0.6 is 0 Å². The second kappa shape index (κ2) is 5.54. The fraction of sp³-hybridized carbons (Fsp3) is 0.625. The molecule has 0 aromatic rings. The van der Waals surface area contributed by atoms with Crippen LogP contribution in [-0.4, -0.2) is 5.71 Å². The summed E-state index contributed by atoms with van der Waals surface area (Å²) in [5, 5.41) is 7.11. The summed E-state index contributed by atoms with van der Waals surface area (Å²) in [6, 6.07) is 0. The zero-order valence-corrected chi connectivity index (χ0v) is 6.28. The summed E-state index contributed by atoms with van der Waals surface area (Å²) in [5.41, 5.74) is 0.791. The number of allylic oxidation sites excluding steroid dienone is 2. The molecule has 0 fully saturated rings. The van der Waals surface area contributed by atoms with Crippen molar-refractivity contribution < 1.29 is 0 Å². The van der Waals surface area contributed by atoms with Crippen LogP contribution in [0.4, 0.5) is 0 Å². The van der Waals surface area contributed by atoms with Crippen molar-refractivity contribution in [2.24, 2.45) is 0 Å². The van der Waals surface area contributed by atoms with Gasteiger partial charge < -0.3 is 5.41 Å². The summed E-state index contributed by atoms with van der Waals surface area (Å²) in [6.45, 7) is 3.88. The maximum absolute atomic E-state index is 7.11. The van der Waals surface area contributed by atoms with Crippen LogP contribution in [0, 0.1) is 5.41 Å². The highest BCUT2D eigenvalue weighted by atomic mass is 14.4. The Bertz CT molecular complexity index is 103. The van der Waals surface area contributed by atoms with Gasteiger partial charge in [-0.3, -0.25) is 0 Å². The molecule has 0 spiro atoms. The SMILES string of the molecule is CC=CCCCC(C)=N. The molecule has 0 bridgehead atoms. The van der Waals surface area contributed by atoms with Crippen LogP contribution in [0.15, 0.2) is 12.2 Å². The second-order valence-electron chi connectivity index (χ2n) is 2.24. The van der Waals surface area contributed by atoms with E-state index in [0.29, 0.717) is 0 Å². The average molecular weight is 125 g/mol. The topological polar surface area (TPSA) is 23.9 Å². The highest BCUT2D eigenvalue weighted by Crippen LogP contribution is 1.96. The number of hydrogen-bond acceptors (Lipinski definition) is 1. The first-order valence-corrected chi connectivity index (χ1v) is 3.42. The van der Waals surface area contributed by atoms with E-state index in [9.17, 15) is 0 Å². The molecule has 0 aromatic heterocycles. The van der Waals surface area contributed by atoms with Crippen molar-refractivity contribution in [2.75, 3.05) is 0 Å². The minimum Gasteiger partial charge on any atom is -0.310 e. The number of rotatable bonds is 4. The fourth-order valence-electron chi connectivity index (χ4n) is 0.652. The van der Waals surface area contributed by atoms with Gasteiger partial charge in [0.05, 0.1) is 0 Å². The van der Waals surface area contributed by atoms with E-state index in [2.05, 4.69) is 12.2 Å². The summed E-state index contributed by atoms with van der Waals surface area (Å²) >= 11 is 0. The lowest BCUT2D eigenvalue weighted by Crippen LogP contribution is -1.85. The van der Waals surface area contributed by atoms with E-state index in [0.717, 1.165) is 25.0 Å². The van der Waals surface area contributed by atoms with Crippen molar-refractivity contribution in [1.82, 2.24) is 0 Å². The van der Waals surface area contributed by atoms with E-state index in [1.165, 1.54) is 0 Å². The van der Waals surface area contributed by atoms with E-state index >= 15 is 0 Å². The minimum absolute atomic E-state index is 0.791. The van der Waals surface area contributed by atoms with E-state index in [1.54, 1.807) is 0 Å². The Morgan fingerprint density at radius 1 is 1.56 bits per heavy atom. The monoisotopic (exact) mass is 125 g/mol. The third-order valence-corrected chi connectivity index (χ3v) is 1.16. The zero-order valence-electron chi connectivity index (χ0n) is 6.28. The van der Waals surface area contributed by atoms with E-state index in [-0.39, 0.29) is 0 Å². The maximum atomic E-state index is 7.11. The normalized spacial score (nSPS) is 10.4. The molecule has 0 radical (unpaired) electrons. The molecular weight excluding hydrogens is 110 g/mol. The third-order valence-electron chi connectivity index (χ3n) is 1.16. The molecule has 1 N–H and O–H groups in total. The van der Waals surface area contributed by atoms with Gasteiger partial charge in [-0.15, -0.1) is 0 Å². The smallest absolute Gasteiger partial charge is 0.00583 e. The lowest BCUT2D eigenvalue weighted by atomic mass is 10.2. The predicted octanol–water partition coefficient (Wildman–Crippen LogP) is 2.77. The van der Waals surface area contributed by atoms with Crippen LogP contribution in [0.1, 0.15) is 33.1 Å². The fourth-order valence-corrected chi connectivity index (χ4v) is 0.652. The first-order valence-electron chi connectivity index (χ1n) is 3.42. The van der Waals surface area contributed by atoms with Crippen molar-refractivity contribution in [3.63, 3.8) is 0 Å². The Morgan fingerprint density at radius 3 is 2.67 bits per heavy atom. The minimum atomic E-state index is 0.791. The summed E-state index contributed by atoms with van der Waals surface area (Å²) < 4.78 is 0. The van der Waals surface area contributed by atoms with Gasteiger partial charge in [0.1, 0.15) is 0 Å². The molecule has 0 aliphatic heterocycles. The number of hydrogen-bond donors (Lipinski definition) is 1. The summed E-state index contributed by atoms with van der Waals surface area (Å²) in [7, 11) is 0. The molecule has 0 rings (SSSR count). The molecule has 9 heavy (non-hydrogen) atoms. The van der Waals surface area contributed by atoms with Gasteiger partial charge in [0.2, 0.25) is 0 Å². The summed E-state index contributed by atoms with van der Waals surface area (Å²) in [6.07, 6.45) is 7.39. The summed E-state index contributed by atoms with van der Waals surface area (Å²) in [4.78, 5) is 0. The molecule has 1 heteroatoms. The maximum Gasteiger partial charge on any atom is 0.00583 e. The average Bonchev–Trinajstić information content (AvgIpc) is 1.80. The highest BCUT2D eigenvalue weighted by Gasteiger charge is 1.85. The Kier molecular flexibility index (Phi) is 5.18. The lowest BCUT2D eigenvalue weighted by molar-refractivity contribution is 0.886. The molecule has 0 aliphatic carbocycles. The zero-order chi connectivity index (χ0) is 7.11. The van der Waals surface area contributed by atoms with Crippen molar-refractivity contribution in [2.45, 2.75) is 33.1 Å². The van der Waals surface area contributed by atoms with E-state index in [4.69, 9.17) is 5.41 Å². The number of nitrogens with one attached hydrogen (secondary N) is 1. The Labute approximate surface area is 57.3 Å². The van der Waals surface area contributed by atoms with Crippen molar-refractivity contribution in [3.05, 3.63) is 12.2 Å². The van der Waals surface area contributed by atoms with Crippen LogP contribution in [0.5, 0.6) is 0 Å². The van der Waals surface area contributed by atoms with Gasteiger partial charge in [0, 0.05) is 5.71 Å². The van der Waals surface area contributed by atoms with Crippen molar-refractivity contribution in [1.29, 1.82) is 5.41 Å². The van der Waals surface area contributed by atoms with Crippen molar-refractivity contribution in [3.8, 4) is 0 Å². The molecule has 0 heterocycles. The molecule has 0 saturated heterocycles. The van der Waals surface area contributed by atoms with Crippen LogP contribution in [-0.2, 0) is 0 Å². The van der Waals surface area contributed by atoms with Gasteiger partial charge in [-0.05, 0) is 33.1 Å². The molecule has 0 aromatic carbocycles. The van der Waals surface area contributed by atoms with E-state index < -0.39 is 0 Å². The predicted molar refractivity (Wildman–Crippen MR) is 42.1 cm³/mol. The van der Waals surface area contributed by atoms with Gasteiger partial charge in [-0.1, -0.05) is 12.2 Å². The molecule has 0 unspecified atom stereocenters. The third kappa shape index (κ3) is 7.41. The standard InChI is InChI=1S/C8H15N/c1-3-4-5-6-7-8(2)9/h3-4,9H,5-7H2,1-2H3. The molecular formula is C8H15N. The van der Waals surface area contributed by atoms with E-state index in [1.807, 2.05) is 13.8 Å². The Morgan fingerprint density at radius 2 is 2.22 bits per heavy atom. The quantitative estimate of drug-likeness (QED) is 0.339. The van der Waals surface area contributed by atoms with Crippen LogP contribution in [0.25, 0.3) is 0 Å². The first kappa shape index (κ1) is 8.41. The van der Waals surface area contributed by atoms with Gasteiger partial charge >= 0.3 is 0 Å². The lowest BCUT2D eigenvalue weighted by Gasteiger charge is -1.91. The molecule has 0 atom stereocenters. The molecule has 0 aliphatic rings.